The Labute approximate surface area is 287 Å². The molecule has 3 N–H and O–H groups in total. The van der Waals surface area contributed by atoms with Crippen molar-refractivity contribution in [1.82, 2.24) is 15.1 Å². The maximum absolute atomic E-state index is 13.9. The van der Waals surface area contributed by atoms with Crippen molar-refractivity contribution in [2.75, 3.05) is 26.3 Å². The Morgan fingerprint density at radius 3 is 2.41 bits per heavy atom. The summed E-state index contributed by atoms with van der Waals surface area (Å²) in [5.74, 6) is 1.23. The average Bonchev–Trinajstić information content (AvgIpc) is 3.47. The topological polar surface area (TPSA) is 155 Å². The van der Waals surface area contributed by atoms with Crippen molar-refractivity contribution in [3.05, 3.63) is 59.7 Å². The highest BCUT2D eigenvalue weighted by Crippen LogP contribution is 2.49. The van der Waals surface area contributed by atoms with Gasteiger partial charge in [0.15, 0.2) is 0 Å². The summed E-state index contributed by atoms with van der Waals surface area (Å²) in [6.45, 7) is 1.82. The van der Waals surface area contributed by atoms with Gasteiger partial charge in [0, 0.05) is 31.5 Å². The Balaban J connectivity index is 0.880. The molecule has 49 heavy (non-hydrogen) atoms. The van der Waals surface area contributed by atoms with Gasteiger partial charge in [-0.3, -0.25) is 24.5 Å². The number of carbonyl (C=O) groups is 4. The average molecular weight is 668 g/mol. The lowest BCUT2D eigenvalue weighted by Crippen LogP contribution is -2.55. The van der Waals surface area contributed by atoms with Gasteiger partial charge < -0.3 is 25.0 Å². The molecule has 11 nitrogen and oxygen atoms in total. The number of likely N-dealkylation sites (tertiary alicyclic amines) is 1. The number of benzene rings is 2. The van der Waals surface area contributed by atoms with Crippen molar-refractivity contribution in [3.63, 3.8) is 0 Å². The van der Waals surface area contributed by atoms with E-state index >= 15 is 0 Å². The van der Waals surface area contributed by atoms with E-state index in [9.17, 15) is 24.4 Å². The minimum atomic E-state index is -0.537. The smallest absolute Gasteiger partial charge is 0.245 e. The van der Waals surface area contributed by atoms with Crippen LogP contribution in [0.3, 0.4) is 0 Å². The predicted octanol–water partition coefficient (Wildman–Crippen LogP) is 3.63. The number of nitrogens with one attached hydrogen (secondary N) is 1. The quantitative estimate of drug-likeness (QED) is 0.288. The van der Waals surface area contributed by atoms with E-state index in [0.717, 1.165) is 54.7 Å². The van der Waals surface area contributed by atoms with E-state index in [-0.39, 0.29) is 47.4 Å². The first-order valence-corrected chi connectivity index (χ1v) is 17.8. The van der Waals surface area contributed by atoms with Crippen LogP contribution in [0.15, 0.2) is 48.5 Å². The Kier molecular flexibility index (Phi) is 9.59. The second-order valence-corrected chi connectivity index (χ2v) is 14.5. The zero-order valence-corrected chi connectivity index (χ0v) is 27.8. The molecule has 2 aromatic rings. The second-order valence-electron chi connectivity index (χ2n) is 14.5. The summed E-state index contributed by atoms with van der Waals surface area (Å²) in [5.41, 5.74) is 8.16. The molecule has 8 atom stereocenters. The summed E-state index contributed by atoms with van der Waals surface area (Å²) in [6.07, 6.45) is 6.76. The maximum atomic E-state index is 13.9. The van der Waals surface area contributed by atoms with Crippen LogP contribution in [0.2, 0.25) is 0 Å². The van der Waals surface area contributed by atoms with Crippen molar-refractivity contribution in [2.45, 2.75) is 87.7 Å². The van der Waals surface area contributed by atoms with Crippen molar-refractivity contribution >= 4 is 23.6 Å². The van der Waals surface area contributed by atoms with E-state index in [1.54, 1.807) is 4.90 Å². The SMILES string of the molecule is N#CC1CN(C(=O)[C@@H]2CC[C@@H]3C[C@H]4C[C@H]4C[C@H](N)C(=O)N32)CC1c1cccc(OCCCCOc2ccc(C3CCC(=O)NC3=O)cc2)c1. The van der Waals surface area contributed by atoms with Crippen molar-refractivity contribution in [1.29, 1.82) is 5.26 Å². The van der Waals surface area contributed by atoms with Gasteiger partial charge in [-0.15, -0.1) is 0 Å². The van der Waals surface area contributed by atoms with Gasteiger partial charge >= 0.3 is 0 Å². The number of hydrogen-bond acceptors (Lipinski definition) is 8. The van der Waals surface area contributed by atoms with Crippen molar-refractivity contribution in [3.8, 4) is 17.6 Å². The number of ether oxygens (including phenoxy) is 2. The molecule has 1 saturated carbocycles. The molecule has 0 aromatic heterocycles. The number of nitrogens with zero attached hydrogens (tertiary/aromatic N) is 3. The molecule has 4 saturated heterocycles. The van der Waals surface area contributed by atoms with Crippen LogP contribution in [-0.2, 0) is 19.2 Å². The van der Waals surface area contributed by atoms with Crippen LogP contribution in [-0.4, -0.2) is 77.9 Å². The fourth-order valence-corrected chi connectivity index (χ4v) is 8.44. The number of rotatable bonds is 10. The van der Waals surface area contributed by atoms with Crippen LogP contribution in [0.5, 0.6) is 11.5 Å². The van der Waals surface area contributed by atoms with E-state index in [4.69, 9.17) is 15.2 Å². The normalized spacial score (nSPS) is 30.8. The molecule has 258 valence electrons. The molecular formula is C38H45N5O6. The Morgan fingerprint density at radius 2 is 1.65 bits per heavy atom. The standard InChI is InChI=1S/C38H45N5O6/c39-20-27-21-42(38(47)34-12-8-28-17-25-16-26(25)19-33(40)37(46)43(28)34)22-32(27)24-4-3-5-30(18-24)49-15-2-1-14-48-29-9-6-23(7-10-29)31-11-13-35(44)41-36(31)45/h3-7,9-10,18,25-28,31-34H,1-2,8,11-17,19,21-22,40H2,(H,41,44,45)/t25-,26+,27?,28-,31?,32?,33+,34+/m1/s1. The number of unbranched alkanes of at least 4 members (excludes halogenated alkanes) is 1. The highest BCUT2D eigenvalue weighted by molar-refractivity contribution is 6.01. The van der Waals surface area contributed by atoms with Gasteiger partial charge in [-0.05, 0) is 98.6 Å². The molecule has 3 unspecified atom stereocenters. The number of piperidine rings is 1. The molecule has 0 radical (unpaired) electrons. The largest absolute Gasteiger partial charge is 0.494 e. The maximum Gasteiger partial charge on any atom is 0.245 e. The second kappa shape index (κ2) is 14.2. The third kappa shape index (κ3) is 7.16. The molecule has 11 heteroatoms. The van der Waals surface area contributed by atoms with Gasteiger partial charge in [-0.25, -0.2) is 0 Å². The molecule has 1 aliphatic carbocycles. The van der Waals surface area contributed by atoms with Gasteiger partial charge in [0.25, 0.3) is 0 Å². The number of hydrogen-bond donors (Lipinski definition) is 2. The van der Waals surface area contributed by atoms with Crippen LogP contribution in [0.1, 0.15) is 80.8 Å². The van der Waals surface area contributed by atoms with Gasteiger partial charge in [0.2, 0.25) is 23.6 Å². The van der Waals surface area contributed by atoms with E-state index < -0.39 is 12.1 Å². The fraction of sp³-hybridized carbons (Fsp3) is 0.553. The third-order valence-electron chi connectivity index (χ3n) is 11.2. The molecule has 4 heterocycles. The minimum absolute atomic E-state index is 0.0569. The van der Waals surface area contributed by atoms with Crippen LogP contribution < -0.4 is 20.5 Å². The zero-order valence-electron chi connectivity index (χ0n) is 27.8. The van der Waals surface area contributed by atoms with E-state index in [0.29, 0.717) is 63.8 Å². The Hall–Kier alpha value is -4.43. The summed E-state index contributed by atoms with van der Waals surface area (Å²) in [6, 6.07) is 16.8. The highest BCUT2D eigenvalue weighted by Gasteiger charge is 2.51. The molecule has 0 spiro atoms. The number of nitrogens with two attached hydrogens (primary N) is 1. The number of nitriles is 1. The van der Waals surface area contributed by atoms with Crippen molar-refractivity contribution in [2.24, 2.45) is 23.5 Å². The molecule has 0 bridgehead atoms. The van der Waals surface area contributed by atoms with Gasteiger partial charge in [-0.1, -0.05) is 24.3 Å². The summed E-state index contributed by atoms with van der Waals surface area (Å²) in [4.78, 5) is 54.4. The lowest BCUT2D eigenvalue weighted by molar-refractivity contribution is -0.146. The lowest BCUT2D eigenvalue weighted by atomic mass is 9.90. The van der Waals surface area contributed by atoms with E-state index in [1.807, 2.05) is 53.4 Å². The van der Waals surface area contributed by atoms with E-state index in [1.165, 1.54) is 0 Å². The molecule has 2 aromatic carbocycles. The van der Waals surface area contributed by atoms with Gasteiger partial charge in [0.1, 0.15) is 17.5 Å². The third-order valence-corrected chi connectivity index (χ3v) is 11.2. The lowest BCUT2D eigenvalue weighted by Gasteiger charge is -2.35. The molecule has 4 aliphatic heterocycles. The molecule has 5 aliphatic rings. The molecule has 7 rings (SSSR count). The highest BCUT2D eigenvalue weighted by atomic mass is 16.5. The first-order chi connectivity index (χ1) is 23.8. The number of imide groups is 1. The monoisotopic (exact) mass is 667 g/mol. The van der Waals surface area contributed by atoms with E-state index in [2.05, 4.69) is 11.4 Å². The number of fused-ring (bicyclic) bond motifs is 2. The summed E-state index contributed by atoms with van der Waals surface area (Å²) >= 11 is 0. The fourth-order valence-electron chi connectivity index (χ4n) is 8.44. The summed E-state index contributed by atoms with van der Waals surface area (Å²) in [7, 11) is 0. The minimum Gasteiger partial charge on any atom is -0.494 e. The zero-order chi connectivity index (χ0) is 34.1. The first kappa shape index (κ1) is 33.1. The number of amides is 4. The Morgan fingerprint density at radius 1 is 0.898 bits per heavy atom. The first-order valence-electron chi connectivity index (χ1n) is 17.8. The van der Waals surface area contributed by atoms with Gasteiger partial charge in [-0.2, -0.15) is 5.26 Å². The van der Waals surface area contributed by atoms with Crippen LogP contribution >= 0.6 is 0 Å². The molecule has 4 amide bonds. The summed E-state index contributed by atoms with van der Waals surface area (Å²) in [5, 5.41) is 12.5. The van der Waals surface area contributed by atoms with Crippen LogP contribution in [0.25, 0.3) is 0 Å². The molecular weight excluding hydrogens is 622 g/mol. The summed E-state index contributed by atoms with van der Waals surface area (Å²) < 4.78 is 11.9. The number of carbonyl (C=O) groups excluding carboxylic acids is 4. The van der Waals surface area contributed by atoms with Crippen molar-refractivity contribution < 1.29 is 28.7 Å². The molecule has 5 fully saturated rings. The van der Waals surface area contributed by atoms with Crippen LogP contribution in [0.4, 0.5) is 0 Å². The predicted molar refractivity (Wildman–Crippen MR) is 179 cm³/mol. The van der Waals surface area contributed by atoms with Crippen LogP contribution in [0, 0.1) is 29.1 Å². The van der Waals surface area contributed by atoms with Gasteiger partial charge in [0.05, 0.1) is 37.2 Å². The Bertz CT molecular complexity index is 1620.